The zero-order chi connectivity index (χ0) is 13.6. The Morgan fingerprint density at radius 3 is 2.89 bits per heavy atom. The number of alkyl carbamates (subject to hydrolysis) is 1. The second-order valence-electron chi connectivity index (χ2n) is 4.62. The lowest BCUT2D eigenvalue weighted by atomic mass is 10.2. The standard InChI is InChI=1S/C12H17N3O3/c1-12(2,3)18-11(17)14-6-4-5-9-7-13-8-15-10(9)16/h4-5,7-8H,6H2,1-3H3,(H,14,17)(H,13,15,16). The van der Waals surface area contributed by atoms with Crippen LogP contribution < -0.4 is 10.9 Å². The van der Waals surface area contributed by atoms with Gasteiger partial charge in [0.2, 0.25) is 0 Å². The third kappa shape index (κ3) is 5.29. The van der Waals surface area contributed by atoms with E-state index < -0.39 is 11.7 Å². The molecule has 1 rings (SSSR count). The van der Waals surface area contributed by atoms with Gasteiger partial charge < -0.3 is 15.0 Å². The van der Waals surface area contributed by atoms with Crippen molar-refractivity contribution in [2.45, 2.75) is 26.4 Å². The van der Waals surface area contributed by atoms with Gasteiger partial charge in [0.1, 0.15) is 5.60 Å². The molecule has 0 atom stereocenters. The molecule has 1 heterocycles. The zero-order valence-corrected chi connectivity index (χ0v) is 10.7. The highest BCUT2D eigenvalue weighted by Gasteiger charge is 2.14. The summed E-state index contributed by atoms with van der Waals surface area (Å²) < 4.78 is 5.05. The first-order valence-corrected chi connectivity index (χ1v) is 5.54. The molecule has 0 saturated heterocycles. The molecular formula is C12H17N3O3. The zero-order valence-electron chi connectivity index (χ0n) is 10.7. The van der Waals surface area contributed by atoms with Crippen LogP contribution in [-0.4, -0.2) is 28.2 Å². The van der Waals surface area contributed by atoms with Crippen molar-refractivity contribution in [2.75, 3.05) is 6.54 Å². The summed E-state index contributed by atoms with van der Waals surface area (Å²) >= 11 is 0. The minimum absolute atomic E-state index is 0.224. The number of hydrogen-bond acceptors (Lipinski definition) is 4. The van der Waals surface area contributed by atoms with E-state index in [0.717, 1.165) is 0 Å². The highest BCUT2D eigenvalue weighted by molar-refractivity contribution is 5.68. The van der Waals surface area contributed by atoms with Gasteiger partial charge in [-0.25, -0.2) is 9.78 Å². The van der Waals surface area contributed by atoms with Gasteiger partial charge in [-0.1, -0.05) is 12.2 Å². The van der Waals surface area contributed by atoms with Crippen LogP contribution in [0.3, 0.4) is 0 Å². The van der Waals surface area contributed by atoms with Crippen molar-refractivity contribution in [3.05, 3.63) is 34.5 Å². The van der Waals surface area contributed by atoms with Crippen molar-refractivity contribution in [3.8, 4) is 0 Å². The molecule has 0 fully saturated rings. The molecule has 0 aliphatic rings. The van der Waals surface area contributed by atoms with Gasteiger partial charge in [-0.05, 0) is 20.8 Å². The van der Waals surface area contributed by atoms with Gasteiger partial charge >= 0.3 is 6.09 Å². The largest absolute Gasteiger partial charge is 0.444 e. The molecule has 18 heavy (non-hydrogen) atoms. The highest BCUT2D eigenvalue weighted by atomic mass is 16.6. The number of aromatic nitrogens is 2. The third-order valence-electron chi connectivity index (χ3n) is 1.81. The first-order chi connectivity index (χ1) is 8.38. The van der Waals surface area contributed by atoms with Gasteiger partial charge in [0.05, 0.1) is 11.9 Å². The predicted octanol–water partition coefficient (Wildman–Crippen LogP) is 1.31. The van der Waals surface area contributed by atoms with Crippen LogP contribution in [0.1, 0.15) is 26.3 Å². The average Bonchev–Trinajstić information content (AvgIpc) is 2.24. The van der Waals surface area contributed by atoms with Crippen molar-refractivity contribution < 1.29 is 9.53 Å². The molecule has 98 valence electrons. The van der Waals surface area contributed by atoms with E-state index in [9.17, 15) is 9.59 Å². The Hall–Kier alpha value is -2.11. The lowest BCUT2D eigenvalue weighted by Crippen LogP contribution is -2.32. The normalized spacial score (nSPS) is 11.5. The van der Waals surface area contributed by atoms with Crippen LogP contribution in [0.2, 0.25) is 0 Å². The molecule has 6 heteroatoms. The molecule has 6 nitrogen and oxygen atoms in total. The Bertz CT molecular complexity index is 486. The molecule has 0 saturated carbocycles. The van der Waals surface area contributed by atoms with E-state index in [1.54, 1.807) is 32.9 Å². The molecule has 2 N–H and O–H groups in total. The first kappa shape index (κ1) is 14.0. The SMILES string of the molecule is CC(C)(C)OC(=O)NCC=Cc1cnc[nH]c1=O. The Morgan fingerprint density at radius 1 is 1.56 bits per heavy atom. The van der Waals surface area contributed by atoms with E-state index in [2.05, 4.69) is 15.3 Å². The molecule has 0 spiro atoms. The molecule has 1 aromatic rings. The highest BCUT2D eigenvalue weighted by Crippen LogP contribution is 2.06. The number of ether oxygens (including phenoxy) is 1. The number of carbonyl (C=O) groups is 1. The Balaban J connectivity index is 2.41. The molecule has 1 amide bonds. The quantitative estimate of drug-likeness (QED) is 0.848. The monoisotopic (exact) mass is 251 g/mol. The van der Waals surface area contributed by atoms with Crippen LogP contribution in [0, 0.1) is 0 Å². The molecule has 1 aromatic heterocycles. The van der Waals surface area contributed by atoms with Gasteiger partial charge in [0.25, 0.3) is 5.56 Å². The van der Waals surface area contributed by atoms with Gasteiger partial charge in [-0.3, -0.25) is 4.79 Å². The lowest BCUT2D eigenvalue weighted by molar-refractivity contribution is 0.0534. The predicted molar refractivity (Wildman–Crippen MR) is 68.1 cm³/mol. The van der Waals surface area contributed by atoms with E-state index in [-0.39, 0.29) is 12.1 Å². The Kier molecular flexibility index (Phi) is 4.65. The number of rotatable bonds is 3. The number of H-pyrrole nitrogens is 1. The molecule has 0 aromatic carbocycles. The summed E-state index contributed by atoms with van der Waals surface area (Å²) in [6.45, 7) is 5.65. The smallest absolute Gasteiger partial charge is 0.407 e. The number of carbonyl (C=O) groups excluding carboxylic acids is 1. The minimum Gasteiger partial charge on any atom is -0.444 e. The number of nitrogens with zero attached hydrogens (tertiary/aromatic N) is 1. The summed E-state index contributed by atoms with van der Waals surface area (Å²) in [6, 6.07) is 0. The molecular weight excluding hydrogens is 234 g/mol. The third-order valence-corrected chi connectivity index (χ3v) is 1.81. The van der Waals surface area contributed by atoms with Gasteiger partial charge in [0.15, 0.2) is 0 Å². The second-order valence-corrected chi connectivity index (χ2v) is 4.62. The van der Waals surface area contributed by atoms with Crippen molar-refractivity contribution in [3.63, 3.8) is 0 Å². The maximum Gasteiger partial charge on any atom is 0.407 e. The van der Waals surface area contributed by atoms with E-state index in [1.165, 1.54) is 12.5 Å². The summed E-state index contributed by atoms with van der Waals surface area (Å²) in [6.07, 6.45) is 5.51. The summed E-state index contributed by atoms with van der Waals surface area (Å²) in [5, 5.41) is 2.55. The van der Waals surface area contributed by atoms with Crippen LogP contribution in [0.25, 0.3) is 6.08 Å². The number of nitrogens with one attached hydrogen (secondary N) is 2. The summed E-state index contributed by atoms with van der Waals surface area (Å²) in [5.74, 6) is 0. The average molecular weight is 251 g/mol. The molecule has 0 aliphatic heterocycles. The molecule has 0 radical (unpaired) electrons. The van der Waals surface area contributed by atoms with Crippen LogP contribution in [0.15, 0.2) is 23.4 Å². The minimum atomic E-state index is -0.520. The maximum absolute atomic E-state index is 11.3. The maximum atomic E-state index is 11.3. The van der Waals surface area contributed by atoms with Crippen LogP contribution in [0.5, 0.6) is 0 Å². The number of aromatic amines is 1. The van der Waals surface area contributed by atoms with Crippen molar-refractivity contribution in [1.82, 2.24) is 15.3 Å². The van der Waals surface area contributed by atoms with Gasteiger partial charge in [-0.15, -0.1) is 0 Å². The lowest BCUT2D eigenvalue weighted by Gasteiger charge is -2.19. The Morgan fingerprint density at radius 2 is 2.28 bits per heavy atom. The number of hydrogen-bond donors (Lipinski definition) is 2. The fraction of sp³-hybridized carbons (Fsp3) is 0.417. The fourth-order valence-electron chi connectivity index (χ4n) is 1.12. The van der Waals surface area contributed by atoms with Crippen LogP contribution in [0.4, 0.5) is 4.79 Å². The van der Waals surface area contributed by atoms with Crippen LogP contribution >= 0.6 is 0 Å². The fourth-order valence-corrected chi connectivity index (χ4v) is 1.12. The van der Waals surface area contributed by atoms with Crippen molar-refractivity contribution in [2.24, 2.45) is 0 Å². The van der Waals surface area contributed by atoms with Crippen molar-refractivity contribution >= 4 is 12.2 Å². The molecule has 0 bridgehead atoms. The van der Waals surface area contributed by atoms with Gasteiger partial charge in [-0.2, -0.15) is 0 Å². The summed E-state index contributed by atoms with van der Waals surface area (Å²) in [5.41, 5.74) is -0.309. The Labute approximate surface area is 105 Å². The van der Waals surface area contributed by atoms with E-state index in [4.69, 9.17) is 4.74 Å². The van der Waals surface area contributed by atoms with E-state index >= 15 is 0 Å². The van der Waals surface area contributed by atoms with Crippen molar-refractivity contribution in [1.29, 1.82) is 0 Å². The second kappa shape index (κ2) is 6.00. The van der Waals surface area contributed by atoms with E-state index in [0.29, 0.717) is 5.56 Å². The summed E-state index contributed by atoms with van der Waals surface area (Å²) in [4.78, 5) is 28.8. The van der Waals surface area contributed by atoms with Gasteiger partial charge in [0, 0.05) is 12.7 Å². The van der Waals surface area contributed by atoms with Crippen LogP contribution in [-0.2, 0) is 4.74 Å². The molecule has 0 unspecified atom stereocenters. The number of amides is 1. The summed E-state index contributed by atoms with van der Waals surface area (Å²) in [7, 11) is 0. The molecule has 0 aliphatic carbocycles. The first-order valence-electron chi connectivity index (χ1n) is 5.54. The van der Waals surface area contributed by atoms with E-state index in [1.807, 2.05) is 0 Å². The topological polar surface area (TPSA) is 84.1 Å².